The molecular formula is C13H21BO2. The van der Waals surface area contributed by atoms with Gasteiger partial charge in [-0.1, -0.05) is 38.4 Å². The maximum Gasteiger partial charge on any atom is 0.121 e. The van der Waals surface area contributed by atoms with E-state index >= 15 is 0 Å². The summed E-state index contributed by atoms with van der Waals surface area (Å²) in [5.74, 6) is 1.54. The van der Waals surface area contributed by atoms with Gasteiger partial charge in [-0.3, -0.25) is 0 Å². The van der Waals surface area contributed by atoms with Crippen molar-refractivity contribution in [1.29, 1.82) is 0 Å². The predicted octanol–water partition coefficient (Wildman–Crippen LogP) is 2.65. The van der Waals surface area contributed by atoms with Crippen molar-refractivity contribution in [3.63, 3.8) is 0 Å². The van der Waals surface area contributed by atoms with Crippen LogP contribution in [0.25, 0.3) is 0 Å². The van der Waals surface area contributed by atoms with Gasteiger partial charge in [0.25, 0.3) is 0 Å². The second-order valence-corrected chi connectivity index (χ2v) is 3.87. The quantitative estimate of drug-likeness (QED) is 0.726. The van der Waals surface area contributed by atoms with Crippen LogP contribution < -0.4 is 4.74 Å². The van der Waals surface area contributed by atoms with Crippen molar-refractivity contribution in [2.75, 3.05) is 20.8 Å². The second kappa shape index (κ2) is 9.28. The Balaban J connectivity index is 0.000000325. The SMILES string of the molecule is COCC(C)C.[B]Cc1ccccc1OC. The summed E-state index contributed by atoms with van der Waals surface area (Å²) in [7, 11) is 8.82. The van der Waals surface area contributed by atoms with E-state index in [0.29, 0.717) is 12.2 Å². The molecule has 16 heavy (non-hydrogen) atoms. The number of rotatable bonds is 4. The highest BCUT2D eigenvalue weighted by Gasteiger charge is 1.95. The zero-order valence-electron chi connectivity index (χ0n) is 10.7. The fourth-order valence-electron chi connectivity index (χ4n) is 1.20. The van der Waals surface area contributed by atoms with Gasteiger partial charge in [0.05, 0.1) is 15.0 Å². The van der Waals surface area contributed by atoms with E-state index in [0.717, 1.165) is 17.9 Å². The summed E-state index contributed by atoms with van der Waals surface area (Å²) in [5, 5.41) is 0. The highest BCUT2D eigenvalue weighted by molar-refractivity contribution is 6.08. The molecule has 0 unspecified atom stereocenters. The molecular weight excluding hydrogens is 199 g/mol. The van der Waals surface area contributed by atoms with Gasteiger partial charge in [-0.05, 0) is 17.5 Å². The minimum Gasteiger partial charge on any atom is -0.497 e. The summed E-state index contributed by atoms with van der Waals surface area (Å²) in [6.45, 7) is 5.13. The summed E-state index contributed by atoms with van der Waals surface area (Å²) in [6.07, 6.45) is 0.532. The van der Waals surface area contributed by atoms with E-state index in [-0.39, 0.29) is 0 Å². The summed E-state index contributed by atoms with van der Waals surface area (Å²) in [6, 6.07) is 7.74. The smallest absolute Gasteiger partial charge is 0.121 e. The molecule has 1 rings (SSSR count). The van der Waals surface area contributed by atoms with Gasteiger partial charge in [-0.15, -0.1) is 0 Å². The predicted molar refractivity (Wildman–Crippen MR) is 69.2 cm³/mol. The first-order valence-corrected chi connectivity index (χ1v) is 5.46. The molecule has 0 aliphatic carbocycles. The highest BCUT2D eigenvalue weighted by atomic mass is 16.5. The number of ether oxygens (including phenoxy) is 2. The third kappa shape index (κ3) is 6.51. The van der Waals surface area contributed by atoms with Gasteiger partial charge in [0.2, 0.25) is 0 Å². The fourth-order valence-corrected chi connectivity index (χ4v) is 1.20. The molecule has 0 aliphatic rings. The van der Waals surface area contributed by atoms with Crippen LogP contribution in [0.15, 0.2) is 24.3 Å². The van der Waals surface area contributed by atoms with E-state index in [4.69, 9.17) is 17.3 Å². The van der Waals surface area contributed by atoms with Crippen LogP contribution in [0.2, 0.25) is 0 Å². The van der Waals surface area contributed by atoms with Crippen molar-refractivity contribution in [3.8, 4) is 5.75 Å². The van der Waals surface area contributed by atoms with Crippen molar-refractivity contribution < 1.29 is 9.47 Å². The van der Waals surface area contributed by atoms with Crippen LogP contribution in [0.4, 0.5) is 0 Å². The molecule has 2 radical (unpaired) electrons. The zero-order valence-corrected chi connectivity index (χ0v) is 10.7. The fraction of sp³-hybridized carbons (Fsp3) is 0.538. The van der Waals surface area contributed by atoms with Gasteiger partial charge in [-0.2, -0.15) is 0 Å². The van der Waals surface area contributed by atoms with E-state index in [9.17, 15) is 0 Å². The Bertz CT molecular complexity index is 251. The Hall–Kier alpha value is -0.955. The second-order valence-electron chi connectivity index (χ2n) is 3.87. The van der Waals surface area contributed by atoms with Gasteiger partial charge in [0, 0.05) is 13.7 Å². The molecule has 1 aromatic carbocycles. The Morgan fingerprint density at radius 1 is 1.19 bits per heavy atom. The molecule has 88 valence electrons. The molecule has 0 saturated carbocycles. The normalized spacial score (nSPS) is 9.56. The minimum absolute atomic E-state index is 0.532. The van der Waals surface area contributed by atoms with Gasteiger partial charge >= 0.3 is 0 Å². The number of para-hydroxylation sites is 1. The van der Waals surface area contributed by atoms with Crippen molar-refractivity contribution in [1.82, 2.24) is 0 Å². The van der Waals surface area contributed by atoms with Crippen molar-refractivity contribution in [3.05, 3.63) is 29.8 Å². The molecule has 1 aromatic rings. The molecule has 3 heteroatoms. The molecule has 0 heterocycles. The van der Waals surface area contributed by atoms with Crippen molar-refractivity contribution in [2.24, 2.45) is 5.92 Å². The van der Waals surface area contributed by atoms with E-state index in [1.165, 1.54) is 0 Å². The Morgan fingerprint density at radius 2 is 1.81 bits per heavy atom. The first kappa shape index (κ1) is 15.0. The Morgan fingerprint density at radius 3 is 2.12 bits per heavy atom. The van der Waals surface area contributed by atoms with Crippen molar-refractivity contribution >= 4 is 7.85 Å². The lowest BCUT2D eigenvalue weighted by atomic mass is 9.96. The molecule has 0 bridgehead atoms. The maximum absolute atomic E-state index is 5.45. The first-order chi connectivity index (χ1) is 7.65. The maximum atomic E-state index is 5.45. The Labute approximate surface area is 100 Å². The van der Waals surface area contributed by atoms with Crippen LogP contribution in [-0.2, 0) is 11.1 Å². The lowest BCUT2D eigenvalue weighted by Gasteiger charge is -2.03. The lowest BCUT2D eigenvalue weighted by molar-refractivity contribution is 0.167. The highest BCUT2D eigenvalue weighted by Crippen LogP contribution is 2.15. The van der Waals surface area contributed by atoms with Crippen molar-refractivity contribution in [2.45, 2.75) is 20.2 Å². The number of hydrogen-bond acceptors (Lipinski definition) is 2. The van der Waals surface area contributed by atoms with Crippen LogP contribution in [-0.4, -0.2) is 28.7 Å². The molecule has 0 N–H and O–H groups in total. The number of methoxy groups -OCH3 is 2. The lowest BCUT2D eigenvalue weighted by Crippen LogP contribution is -1.96. The molecule has 0 saturated heterocycles. The summed E-state index contributed by atoms with van der Waals surface area (Å²) in [5.41, 5.74) is 1.05. The summed E-state index contributed by atoms with van der Waals surface area (Å²) in [4.78, 5) is 0. The standard InChI is InChI=1S/C8H9BO.C5H12O/c1-10-8-5-3-2-4-7(8)6-9;1-5(2)4-6-3/h2-5H,6H2,1H3;5H,4H2,1-3H3. The topological polar surface area (TPSA) is 18.5 Å². The van der Waals surface area contributed by atoms with Gasteiger partial charge < -0.3 is 9.47 Å². The Kier molecular flexibility index (Phi) is 8.73. The third-order valence-electron chi connectivity index (χ3n) is 1.91. The van der Waals surface area contributed by atoms with Crippen LogP contribution in [0.5, 0.6) is 5.75 Å². The zero-order chi connectivity index (χ0) is 12.4. The van der Waals surface area contributed by atoms with Crippen LogP contribution in [0.1, 0.15) is 19.4 Å². The molecule has 0 aliphatic heterocycles. The molecule has 0 amide bonds. The largest absolute Gasteiger partial charge is 0.497 e. The molecule has 0 aromatic heterocycles. The van der Waals surface area contributed by atoms with E-state index in [1.807, 2.05) is 24.3 Å². The number of hydrogen-bond donors (Lipinski definition) is 0. The van der Waals surface area contributed by atoms with Gasteiger partial charge in [-0.25, -0.2) is 0 Å². The monoisotopic (exact) mass is 220 g/mol. The minimum atomic E-state index is 0.532. The average Bonchev–Trinajstić information content (AvgIpc) is 2.29. The van der Waals surface area contributed by atoms with E-state index in [2.05, 4.69) is 13.8 Å². The number of benzene rings is 1. The molecule has 0 fully saturated rings. The van der Waals surface area contributed by atoms with Gasteiger partial charge in [0.1, 0.15) is 5.75 Å². The molecule has 0 spiro atoms. The van der Waals surface area contributed by atoms with E-state index < -0.39 is 0 Å². The molecule has 2 nitrogen and oxygen atoms in total. The van der Waals surface area contributed by atoms with Crippen LogP contribution in [0, 0.1) is 5.92 Å². The van der Waals surface area contributed by atoms with Crippen LogP contribution >= 0.6 is 0 Å². The summed E-state index contributed by atoms with van der Waals surface area (Å²) >= 11 is 0. The first-order valence-electron chi connectivity index (χ1n) is 5.46. The summed E-state index contributed by atoms with van der Waals surface area (Å²) < 4.78 is 9.86. The molecule has 0 atom stereocenters. The van der Waals surface area contributed by atoms with Crippen LogP contribution in [0.3, 0.4) is 0 Å². The van der Waals surface area contributed by atoms with E-state index in [1.54, 1.807) is 14.2 Å². The average molecular weight is 220 g/mol. The van der Waals surface area contributed by atoms with Gasteiger partial charge in [0.15, 0.2) is 0 Å². The third-order valence-corrected chi connectivity index (χ3v) is 1.91.